The van der Waals surface area contributed by atoms with E-state index >= 15 is 0 Å². The van der Waals surface area contributed by atoms with Gasteiger partial charge in [-0.25, -0.2) is 0 Å². The first kappa shape index (κ1) is 14.6. The lowest BCUT2D eigenvalue weighted by Crippen LogP contribution is -2.50. The van der Waals surface area contributed by atoms with Gasteiger partial charge in [0.15, 0.2) is 0 Å². The van der Waals surface area contributed by atoms with E-state index < -0.39 is 8.80 Å². The van der Waals surface area contributed by atoms with Crippen molar-refractivity contribution in [2.75, 3.05) is 19.8 Å². The van der Waals surface area contributed by atoms with Crippen molar-refractivity contribution in [2.45, 2.75) is 40.2 Å². The van der Waals surface area contributed by atoms with Gasteiger partial charge >= 0.3 is 8.80 Å². The summed E-state index contributed by atoms with van der Waals surface area (Å²) in [6, 6.07) is 0. The van der Waals surface area contributed by atoms with E-state index in [-0.39, 0.29) is 5.54 Å². The van der Waals surface area contributed by atoms with Gasteiger partial charge in [-0.2, -0.15) is 0 Å². The lowest BCUT2D eigenvalue weighted by molar-refractivity contribution is 0.0683. The van der Waals surface area contributed by atoms with Crippen LogP contribution in [0.4, 0.5) is 0 Å². The van der Waals surface area contributed by atoms with Crippen LogP contribution in [0.2, 0.25) is 5.54 Å². The van der Waals surface area contributed by atoms with Gasteiger partial charge in [-0.15, -0.1) is 0 Å². The molecule has 0 aromatic heterocycles. The molecular weight excluding hydrogens is 232 g/mol. The summed E-state index contributed by atoms with van der Waals surface area (Å²) in [6.45, 7) is 12.1. The third-order valence-electron chi connectivity index (χ3n) is 3.04. The Balaban J connectivity index is 2.99. The Bertz CT molecular complexity index is 293. The van der Waals surface area contributed by atoms with Crippen LogP contribution in [0.3, 0.4) is 0 Å². The zero-order valence-corrected chi connectivity index (χ0v) is 12.6. The zero-order chi connectivity index (χ0) is 12.9. The summed E-state index contributed by atoms with van der Waals surface area (Å²) < 4.78 is 17.8. The summed E-state index contributed by atoms with van der Waals surface area (Å²) in [5, 5.41) is 0. The van der Waals surface area contributed by atoms with E-state index in [1.807, 2.05) is 20.8 Å². The van der Waals surface area contributed by atoms with E-state index in [0.29, 0.717) is 19.8 Å². The first-order chi connectivity index (χ1) is 8.11. The van der Waals surface area contributed by atoms with Gasteiger partial charge in [0.05, 0.1) is 5.54 Å². The molecule has 0 aromatic rings. The van der Waals surface area contributed by atoms with Crippen molar-refractivity contribution in [1.82, 2.24) is 0 Å². The minimum Gasteiger partial charge on any atom is -0.373 e. The molecule has 0 saturated heterocycles. The largest absolute Gasteiger partial charge is 0.512 e. The summed E-state index contributed by atoms with van der Waals surface area (Å²) >= 11 is 0. The fraction of sp³-hybridized carbons (Fsp3) is 0.692. The highest BCUT2D eigenvalue weighted by molar-refractivity contribution is 6.64. The second-order valence-electron chi connectivity index (χ2n) is 4.11. The molecule has 0 aromatic carbocycles. The summed E-state index contributed by atoms with van der Waals surface area (Å²) in [7, 11) is -2.61. The average molecular weight is 256 g/mol. The predicted molar refractivity (Wildman–Crippen MR) is 71.9 cm³/mol. The standard InChI is InChI=1S/C13H24O3Si/c1-6-14-17(15-7-2,16-8-3)13-10-9-11(4)12(13)5/h9-10,13H,6-8H2,1-5H3. The molecule has 0 fully saturated rings. The van der Waals surface area contributed by atoms with Crippen molar-refractivity contribution in [3.05, 3.63) is 23.3 Å². The third kappa shape index (κ3) is 3.07. The van der Waals surface area contributed by atoms with Crippen molar-refractivity contribution in [2.24, 2.45) is 0 Å². The normalized spacial score (nSPS) is 20.4. The van der Waals surface area contributed by atoms with Gasteiger partial charge in [-0.1, -0.05) is 23.3 Å². The maximum Gasteiger partial charge on any atom is 0.512 e. The highest BCUT2D eigenvalue weighted by Gasteiger charge is 2.50. The quantitative estimate of drug-likeness (QED) is 0.654. The Morgan fingerprint density at radius 3 is 1.76 bits per heavy atom. The molecule has 0 aliphatic heterocycles. The Labute approximate surface area is 106 Å². The molecule has 3 nitrogen and oxygen atoms in total. The van der Waals surface area contributed by atoms with Crippen molar-refractivity contribution >= 4 is 8.80 Å². The smallest absolute Gasteiger partial charge is 0.373 e. The highest BCUT2D eigenvalue weighted by Crippen LogP contribution is 2.39. The van der Waals surface area contributed by atoms with Crippen LogP contribution in [0.15, 0.2) is 23.3 Å². The van der Waals surface area contributed by atoms with Crippen LogP contribution in [-0.4, -0.2) is 28.6 Å². The molecule has 0 N–H and O–H groups in total. The molecule has 0 saturated carbocycles. The van der Waals surface area contributed by atoms with E-state index in [9.17, 15) is 0 Å². The molecule has 4 heteroatoms. The molecule has 1 rings (SSSR count). The number of hydrogen-bond donors (Lipinski definition) is 0. The Hall–Kier alpha value is -0.423. The first-order valence-corrected chi connectivity index (χ1v) is 8.18. The summed E-state index contributed by atoms with van der Waals surface area (Å²) in [5.41, 5.74) is 2.79. The zero-order valence-electron chi connectivity index (χ0n) is 11.6. The van der Waals surface area contributed by atoms with Crippen LogP contribution < -0.4 is 0 Å². The molecule has 0 bridgehead atoms. The van der Waals surface area contributed by atoms with Gasteiger partial charge in [0, 0.05) is 19.8 Å². The average Bonchev–Trinajstić information content (AvgIpc) is 2.61. The summed E-state index contributed by atoms with van der Waals surface area (Å²) in [5.74, 6) is 0. The van der Waals surface area contributed by atoms with Gasteiger partial charge in [-0.3, -0.25) is 0 Å². The van der Waals surface area contributed by atoms with E-state index in [1.165, 1.54) is 11.1 Å². The van der Waals surface area contributed by atoms with Crippen LogP contribution in [0.5, 0.6) is 0 Å². The lowest BCUT2D eigenvalue weighted by Gasteiger charge is -2.33. The minimum absolute atomic E-state index is 0.183. The van der Waals surface area contributed by atoms with Gasteiger partial charge in [0.2, 0.25) is 0 Å². The molecule has 0 amide bonds. The fourth-order valence-electron chi connectivity index (χ4n) is 2.14. The first-order valence-electron chi connectivity index (χ1n) is 6.38. The van der Waals surface area contributed by atoms with E-state index in [0.717, 1.165) is 0 Å². The third-order valence-corrected chi connectivity index (χ3v) is 6.51. The summed E-state index contributed by atoms with van der Waals surface area (Å²) in [6.07, 6.45) is 4.30. The topological polar surface area (TPSA) is 27.7 Å². The van der Waals surface area contributed by atoms with Gasteiger partial charge in [0.1, 0.15) is 0 Å². The molecule has 1 atom stereocenters. The molecule has 1 aliphatic carbocycles. The molecule has 98 valence electrons. The Morgan fingerprint density at radius 1 is 1.00 bits per heavy atom. The van der Waals surface area contributed by atoms with Crippen molar-refractivity contribution in [3.8, 4) is 0 Å². The lowest BCUT2D eigenvalue weighted by atomic mass is 10.2. The van der Waals surface area contributed by atoms with E-state index in [4.69, 9.17) is 13.3 Å². The Kier molecular flexibility index (Phi) is 5.59. The fourth-order valence-corrected chi connectivity index (χ4v) is 5.23. The van der Waals surface area contributed by atoms with Crippen molar-refractivity contribution < 1.29 is 13.3 Å². The maximum absolute atomic E-state index is 5.92. The minimum atomic E-state index is -2.61. The second kappa shape index (κ2) is 6.49. The van der Waals surface area contributed by atoms with Gasteiger partial charge in [-0.05, 0) is 34.6 Å². The Morgan fingerprint density at radius 2 is 1.47 bits per heavy atom. The molecule has 1 unspecified atom stereocenters. The second-order valence-corrected chi connectivity index (χ2v) is 6.80. The number of rotatable bonds is 7. The monoisotopic (exact) mass is 256 g/mol. The SMILES string of the molecule is CCO[Si](OCC)(OCC)C1C=CC(C)=C1C. The maximum atomic E-state index is 5.92. The van der Waals surface area contributed by atoms with Crippen LogP contribution in [-0.2, 0) is 13.3 Å². The molecule has 0 heterocycles. The summed E-state index contributed by atoms with van der Waals surface area (Å²) in [4.78, 5) is 0. The van der Waals surface area contributed by atoms with Crippen LogP contribution >= 0.6 is 0 Å². The van der Waals surface area contributed by atoms with E-state index in [1.54, 1.807) is 0 Å². The molecule has 0 spiro atoms. The molecular formula is C13H24O3Si. The molecule has 0 radical (unpaired) electrons. The van der Waals surface area contributed by atoms with Crippen LogP contribution in [0.1, 0.15) is 34.6 Å². The van der Waals surface area contributed by atoms with Crippen molar-refractivity contribution in [3.63, 3.8) is 0 Å². The van der Waals surface area contributed by atoms with Gasteiger partial charge in [0.25, 0.3) is 0 Å². The van der Waals surface area contributed by atoms with E-state index in [2.05, 4.69) is 26.0 Å². The van der Waals surface area contributed by atoms with Crippen LogP contribution in [0.25, 0.3) is 0 Å². The molecule has 17 heavy (non-hydrogen) atoms. The predicted octanol–water partition coefficient (Wildman–Crippen LogP) is 3.31. The van der Waals surface area contributed by atoms with Gasteiger partial charge < -0.3 is 13.3 Å². The number of hydrogen-bond acceptors (Lipinski definition) is 3. The molecule has 1 aliphatic rings. The van der Waals surface area contributed by atoms with Crippen LogP contribution in [0, 0.1) is 0 Å². The highest BCUT2D eigenvalue weighted by atomic mass is 28.4. The van der Waals surface area contributed by atoms with Crippen molar-refractivity contribution in [1.29, 1.82) is 0 Å². The number of allylic oxidation sites excluding steroid dienone is 4.